The Morgan fingerprint density at radius 3 is 2.45 bits per heavy atom. The average molecular weight is 419 g/mol. The van der Waals surface area contributed by atoms with E-state index >= 15 is 0 Å². The Kier molecular flexibility index (Phi) is 4.88. The molecule has 10 heteroatoms. The second-order valence-corrected chi connectivity index (χ2v) is 6.57. The number of carbonyl (C=O) groups excluding carboxylic acids is 1. The van der Waals surface area contributed by atoms with Gasteiger partial charge in [-0.3, -0.25) is 20.2 Å². The smallest absolute Gasteiger partial charge is 0.363 e. The molecule has 0 saturated carbocycles. The number of hydrogen-bond donors (Lipinski definition) is 0. The van der Waals surface area contributed by atoms with Crippen LogP contribution in [0.15, 0.2) is 69.7 Å². The zero-order valence-corrected chi connectivity index (χ0v) is 16.0. The highest BCUT2D eigenvalue weighted by Crippen LogP contribution is 2.32. The Balaban J connectivity index is 1.66. The lowest BCUT2D eigenvalue weighted by molar-refractivity contribution is -0.385. The highest BCUT2D eigenvalue weighted by molar-refractivity contribution is 6.13. The number of nitrogens with zero attached hydrogens (tertiary/aromatic N) is 3. The number of ether oxygens (including phenoxy) is 1. The SMILES string of the molecule is Cc1ccc(C2=N/C(=C\c3ccc(-c4ccccc4[N+](=O)[O-])o3)C(=O)O2)cc1[N+](=O)[O-]. The topological polar surface area (TPSA) is 138 Å². The molecule has 0 N–H and O–H groups in total. The molecule has 0 unspecified atom stereocenters. The Morgan fingerprint density at radius 1 is 0.968 bits per heavy atom. The number of hydrogen-bond acceptors (Lipinski definition) is 8. The van der Waals surface area contributed by atoms with Crippen molar-refractivity contribution in [2.45, 2.75) is 6.92 Å². The summed E-state index contributed by atoms with van der Waals surface area (Å²) in [6.45, 7) is 1.60. The van der Waals surface area contributed by atoms with Gasteiger partial charge >= 0.3 is 5.97 Å². The third-order valence-electron chi connectivity index (χ3n) is 4.55. The van der Waals surface area contributed by atoms with Gasteiger partial charge in [0.1, 0.15) is 11.5 Å². The van der Waals surface area contributed by atoms with Crippen LogP contribution in [-0.4, -0.2) is 21.7 Å². The Bertz CT molecular complexity index is 1300. The van der Waals surface area contributed by atoms with Gasteiger partial charge < -0.3 is 9.15 Å². The van der Waals surface area contributed by atoms with Crippen molar-refractivity contribution in [3.63, 3.8) is 0 Å². The molecule has 3 aromatic rings. The summed E-state index contributed by atoms with van der Waals surface area (Å²) in [5.74, 6) is -0.324. The van der Waals surface area contributed by atoms with Gasteiger partial charge in [0, 0.05) is 29.3 Å². The van der Waals surface area contributed by atoms with Gasteiger partial charge in [0.25, 0.3) is 11.4 Å². The Hall–Kier alpha value is -4.60. The molecule has 1 aliphatic heterocycles. The van der Waals surface area contributed by atoms with Crippen molar-refractivity contribution in [2.75, 3.05) is 0 Å². The van der Waals surface area contributed by atoms with Crippen molar-refractivity contribution in [3.8, 4) is 11.3 Å². The molecule has 31 heavy (non-hydrogen) atoms. The maximum Gasteiger partial charge on any atom is 0.363 e. The van der Waals surface area contributed by atoms with Gasteiger partial charge in [0.05, 0.1) is 15.4 Å². The van der Waals surface area contributed by atoms with Gasteiger partial charge in [-0.15, -0.1) is 0 Å². The predicted molar refractivity (Wildman–Crippen MR) is 109 cm³/mol. The minimum atomic E-state index is -0.748. The first-order chi connectivity index (χ1) is 14.8. The van der Waals surface area contributed by atoms with Crippen LogP contribution in [0.1, 0.15) is 16.9 Å². The first kappa shape index (κ1) is 19.7. The largest absolute Gasteiger partial charge is 0.456 e. The van der Waals surface area contributed by atoms with E-state index in [9.17, 15) is 25.0 Å². The molecular formula is C21H13N3O7. The van der Waals surface area contributed by atoms with Gasteiger partial charge in [-0.2, -0.15) is 0 Å². The number of aliphatic imine (C=N–C) groups is 1. The molecule has 2 aromatic carbocycles. The summed E-state index contributed by atoms with van der Waals surface area (Å²) in [7, 11) is 0. The fourth-order valence-electron chi connectivity index (χ4n) is 3.02. The third-order valence-corrected chi connectivity index (χ3v) is 4.55. The summed E-state index contributed by atoms with van der Waals surface area (Å²) in [6, 6.07) is 13.6. The van der Waals surface area contributed by atoms with Gasteiger partial charge in [-0.1, -0.05) is 18.2 Å². The van der Waals surface area contributed by atoms with E-state index in [1.165, 1.54) is 30.3 Å². The van der Waals surface area contributed by atoms with Crippen molar-refractivity contribution in [1.82, 2.24) is 0 Å². The number of para-hydroxylation sites is 1. The normalized spacial score (nSPS) is 14.4. The predicted octanol–water partition coefficient (Wildman–Crippen LogP) is 4.42. The van der Waals surface area contributed by atoms with E-state index in [1.54, 1.807) is 37.3 Å². The van der Waals surface area contributed by atoms with E-state index in [4.69, 9.17) is 9.15 Å². The molecule has 0 radical (unpaired) electrons. The first-order valence-electron chi connectivity index (χ1n) is 8.95. The van der Waals surface area contributed by atoms with E-state index in [1.807, 2.05) is 0 Å². The van der Waals surface area contributed by atoms with E-state index < -0.39 is 15.8 Å². The van der Waals surface area contributed by atoms with Crippen LogP contribution < -0.4 is 0 Å². The zero-order valence-electron chi connectivity index (χ0n) is 16.0. The summed E-state index contributed by atoms with van der Waals surface area (Å²) in [5, 5.41) is 22.3. The van der Waals surface area contributed by atoms with Crippen LogP contribution in [0.4, 0.5) is 11.4 Å². The van der Waals surface area contributed by atoms with Crippen LogP contribution in [0.25, 0.3) is 17.4 Å². The summed E-state index contributed by atoms with van der Waals surface area (Å²) in [5.41, 5.74) is 0.747. The monoisotopic (exact) mass is 419 g/mol. The summed E-state index contributed by atoms with van der Waals surface area (Å²) < 4.78 is 10.8. The molecule has 0 fully saturated rings. The summed E-state index contributed by atoms with van der Waals surface area (Å²) >= 11 is 0. The number of nitro groups is 2. The molecular weight excluding hydrogens is 406 g/mol. The Morgan fingerprint density at radius 2 is 1.71 bits per heavy atom. The quantitative estimate of drug-likeness (QED) is 0.258. The molecule has 1 aromatic heterocycles. The van der Waals surface area contributed by atoms with E-state index in [0.29, 0.717) is 11.1 Å². The molecule has 154 valence electrons. The van der Waals surface area contributed by atoms with E-state index in [2.05, 4.69) is 4.99 Å². The lowest BCUT2D eigenvalue weighted by Crippen LogP contribution is -2.06. The van der Waals surface area contributed by atoms with Gasteiger partial charge in [0.15, 0.2) is 5.70 Å². The van der Waals surface area contributed by atoms with Crippen LogP contribution in [0, 0.1) is 27.2 Å². The minimum Gasteiger partial charge on any atom is -0.456 e. The summed E-state index contributed by atoms with van der Waals surface area (Å²) in [6.07, 6.45) is 1.33. The number of aryl methyl sites for hydroxylation is 1. The number of nitro benzene ring substituents is 2. The number of cyclic esters (lactones) is 1. The third kappa shape index (κ3) is 3.81. The van der Waals surface area contributed by atoms with Crippen LogP contribution >= 0.6 is 0 Å². The lowest BCUT2D eigenvalue weighted by atomic mass is 10.1. The van der Waals surface area contributed by atoms with Crippen molar-refractivity contribution >= 4 is 29.3 Å². The molecule has 0 amide bonds. The van der Waals surface area contributed by atoms with Crippen LogP contribution in [-0.2, 0) is 9.53 Å². The lowest BCUT2D eigenvalue weighted by Gasteiger charge is -2.01. The van der Waals surface area contributed by atoms with E-state index in [0.717, 1.165) is 0 Å². The molecule has 10 nitrogen and oxygen atoms in total. The number of esters is 1. The van der Waals surface area contributed by atoms with Gasteiger partial charge in [-0.05, 0) is 31.2 Å². The Labute approximate surface area is 174 Å². The highest BCUT2D eigenvalue weighted by Gasteiger charge is 2.26. The van der Waals surface area contributed by atoms with Crippen molar-refractivity contribution < 1.29 is 23.8 Å². The molecule has 2 heterocycles. The van der Waals surface area contributed by atoms with E-state index in [-0.39, 0.29) is 40.1 Å². The second-order valence-electron chi connectivity index (χ2n) is 6.57. The number of furan rings is 1. The number of rotatable bonds is 5. The second kappa shape index (κ2) is 7.67. The van der Waals surface area contributed by atoms with Crippen LogP contribution in [0.5, 0.6) is 0 Å². The fraction of sp³-hybridized carbons (Fsp3) is 0.0476. The molecule has 0 bridgehead atoms. The van der Waals surface area contributed by atoms with Crippen LogP contribution in [0.3, 0.4) is 0 Å². The molecule has 0 spiro atoms. The first-order valence-corrected chi connectivity index (χ1v) is 8.95. The number of carbonyl (C=O) groups is 1. The number of benzene rings is 2. The highest BCUT2D eigenvalue weighted by atomic mass is 16.6. The molecule has 0 atom stereocenters. The average Bonchev–Trinajstić information content (AvgIpc) is 3.35. The maximum absolute atomic E-state index is 12.2. The zero-order chi connectivity index (χ0) is 22.1. The summed E-state index contributed by atoms with van der Waals surface area (Å²) in [4.78, 5) is 37.6. The minimum absolute atomic E-state index is 0.0650. The van der Waals surface area contributed by atoms with Gasteiger partial charge in [0.2, 0.25) is 5.90 Å². The van der Waals surface area contributed by atoms with Crippen molar-refractivity contribution in [3.05, 3.63) is 97.4 Å². The van der Waals surface area contributed by atoms with Crippen molar-refractivity contribution in [2.24, 2.45) is 4.99 Å². The fourth-order valence-corrected chi connectivity index (χ4v) is 3.02. The van der Waals surface area contributed by atoms with Crippen molar-refractivity contribution in [1.29, 1.82) is 0 Å². The van der Waals surface area contributed by atoms with Gasteiger partial charge in [-0.25, -0.2) is 9.79 Å². The molecule has 0 saturated heterocycles. The van der Waals surface area contributed by atoms with Crippen LogP contribution in [0.2, 0.25) is 0 Å². The standard InChI is InChI=1S/C21H13N3O7/c1-12-6-7-13(10-18(12)24(28)29)20-22-16(21(25)31-20)11-14-8-9-19(30-14)15-4-2-3-5-17(15)23(26)27/h2-11H,1H3/b16-11-. The maximum atomic E-state index is 12.2. The molecule has 0 aliphatic carbocycles. The molecule has 1 aliphatic rings. The molecule has 4 rings (SSSR count).